The zero-order chi connectivity index (χ0) is 14.8. The Kier molecular flexibility index (Phi) is 3.96. The van der Waals surface area contributed by atoms with Crippen LogP contribution in [0, 0.1) is 0 Å². The molecule has 3 rings (SSSR count). The number of thiocarbonyl (C=S) groups is 1. The van der Waals surface area contributed by atoms with Gasteiger partial charge in [0.2, 0.25) is 0 Å². The van der Waals surface area contributed by atoms with Crippen LogP contribution in [0.15, 0.2) is 18.2 Å². The summed E-state index contributed by atoms with van der Waals surface area (Å²) in [4.78, 5) is 14.9. The lowest BCUT2D eigenvalue weighted by Gasteiger charge is -2.35. The van der Waals surface area contributed by atoms with E-state index in [1.165, 1.54) is 0 Å². The summed E-state index contributed by atoms with van der Waals surface area (Å²) < 4.78 is 11.0. The summed E-state index contributed by atoms with van der Waals surface area (Å²) in [5.74, 6) is 1.25. The van der Waals surface area contributed by atoms with E-state index in [2.05, 4.69) is 0 Å². The van der Waals surface area contributed by atoms with Crippen molar-refractivity contribution in [3.63, 3.8) is 0 Å². The van der Waals surface area contributed by atoms with Gasteiger partial charge in [-0.2, -0.15) is 0 Å². The molecule has 0 spiro atoms. The van der Waals surface area contributed by atoms with Crippen molar-refractivity contribution in [2.45, 2.75) is 25.3 Å². The molecule has 2 aliphatic heterocycles. The predicted octanol–water partition coefficient (Wildman–Crippen LogP) is 1.74. The third-order valence-corrected chi connectivity index (χ3v) is 4.15. The molecule has 2 heterocycles. The van der Waals surface area contributed by atoms with Gasteiger partial charge in [0.15, 0.2) is 11.5 Å². The predicted molar refractivity (Wildman–Crippen MR) is 82.9 cm³/mol. The van der Waals surface area contributed by atoms with Crippen LogP contribution in [0.3, 0.4) is 0 Å². The number of hydrogen-bond acceptors (Lipinski definition) is 4. The molecule has 0 saturated carbocycles. The highest BCUT2D eigenvalue weighted by Gasteiger charge is 2.29. The molecule has 1 saturated heterocycles. The largest absolute Gasteiger partial charge is 0.486 e. The summed E-state index contributed by atoms with van der Waals surface area (Å²) in [5.41, 5.74) is 6.36. The number of carbonyl (C=O) groups is 1. The number of fused-ring (bicyclic) bond motifs is 1. The molecule has 1 unspecified atom stereocenters. The molecule has 2 N–H and O–H groups in total. The number of ether oxygens (including phenoxy) is 2. The third kappa shape index (κ3) is 2.81. The first-order chi connectivity index (χ1) is 10.2. The number of nitrogens with zero attached hydrogens (tertiary/aromatic N) is 1. The van der Waals surface area contributed by atoms with Crippen LogP contribution in [0.1, 0.15) is 29.6 Å². The molecule has 21 heavy (non-hydrogen) atoms. The quantitative estimate of drug-likeness (QED) is 0.843. The smallest absolute Gasteiger partial charge is 0.254 e. The van der Waals surface area contributed by atoms with Gasteiger partial charge < -0.3 is 20.1 Å². The Morgan fingerprint density at radius 2 is 2.00 bits per heavy atom. The zero-order valence-corrected chi connectivity index (χ0v) is 12.5. The van der Waals surface area contributed by atoms with E-state index in [-0.39, 0.29) is 11.9 Å². The molecule has 112 valence electrons. The summed E-state index contributed by atoms with van der Waals surface area (Å²) in [5, 5.41) is 0. The third-order valence-electron chi connectivity index (χ3n) is 3.88. The molecule has 1 fully saturated rings. The lowest BCUT2D eigenvalue weighted by atomic mass is 10.0. The maximum Gasteiger partial charge on any atom is 0.254 e. The SMILES string of the molecule is NC(=S)C1CCCCN1C(=O)c1ccc2c(c1)OCCO2. The van der Waals surface area contributed by atoms with Gasteiger partial charge in [-0.25, -0.2) is 0 Å². The Bertz CT molecular complexity index is 576. The maximum atomic E-state index is 12.7. The second-order valence-corrected chi connectivity index (χ2v) is 5.74. The fourth-order valence-electron chi connectivity index (χ4n) is 2.81. The van der Waals surface area contributed by atoms with Gasteiger partial charge in [0.05, 0.1) is 11.0 Å². The highest BCUT2D eigenvalue weighted by Crippen LogP contribution is 2.31. The number of piperidine rings is 1. The second kappa shape index (κ2) is 5.89. The lowest BCUT2D eigenvalue weighted by molar-refractivity contribution is 0.0680. The molecule has 5 nitrogen and oxygen atoms in total. The first kappa shape index (κ1) is 14.1. The average molecular weight is 306 g/mol. The van der Waals surface area contributed by atoms with Crippen LogP contribution in [0.4, 0.5) is 0 Å². The van der Waals surface area contributed by atoms with E-state index in [1.54, 1.807) is 23.1 Å². The van der Waals surface area contributed by atoms with Crippen molar-refractivity contribution >= 4 is 23.1 Å². The highest BCUT2D eigenvalue weighted by molar-refractivity contribution is 7.80. The number of nitrogens with two attached hydrogens (primary N) is 1. The Balaban J connectivity index is 1.85. The summed E-state index contributed by atoms with van der Waals surface area (Å²) in [6, 6.07) is 5.14. The number of amides is 1. The highest BCUT2D eigenvalue weighted by atomic mass is 32.1. The van der Waals surface area contributed by atoms with Gasteiger partial charge in [-0.3, -0.25) is 4.79 Å². The Morgan fingerprint density at radius 3 is 2.76 bits per heavy atom. The molecule has 0 bridgehead atoms. The van der Waals surface area contributed by atoms with Crippen LogP contribution in [-0.4, -0.2) is 41.6 Å². The van der Waals surface area contributed by atoms with Crippen molar-refractivity contribution in [3.05, 3.63) is 23.8 Å². The van der Waals surface area contributed by atoms with Crippen molar-refractivity contribution in [2.75, 3.05) is 19.8 Å². The molecular weight excluding hydrogens is 288 g/mol. The normalized spacial score (nSPS) is 21.0. The number of rotatable bonds is 2. The number of likely N-dealkylation sites (tertiary alicyclic amines) is 1. The monoisotopic (exact) mass is 306 g/mol. The van der Waals surface area contributed by atoms with Gasteiger partial charge in [0.25, 0.3) is 5.91 Å². The van der Waals surface area contributed by atoms with Crippen molar-refractivity contribution in [1.29, 1.82) is 0 Å². The molecule has 6 heteroatoms. The fraction of sp³-hybridized carbons (Fsp3) is 0.467. The van der Waals surface area contributed by atoms with Crippen molar-refractivity contribution in [2.24, 2.45) is 5.73 Å². The molecule has 1 amide bonds. The van der Waals surface area contributed by atoms with Gasteiger partial charge >= 0.3 is 0 Å². The van der Waals surface area contributed by atoms with E-state index in [0.717, 1.165) is 19.3 Å². The van der Waals surface area contributed by atoms with E-state index in [4.69, 9.17) is 27.4 Å². The average Bonchev–Trinajstić information content (AvgIpc) is 2.53. The molecule has 1 aromatic carbocycles. The molecule has 2 aliphatic rings. The van der Waals surface area contributed by atoms with E-state index in [1.807, 2.05) is 0 Å². The molecule has 0 aliphatic carbocycles. The number of benzene rings is 1. The molecular formula is C15H18N2O3S. The van der Waals surface area contributed by atoms with E-state index >= 15 is 0 Å². The van der Waals surface area contributed by atoms with Gasteiger partial charge in [-0.05, 0) is 37.5 Å². The fourth-order valence-corrected chi connectivity index (χ4v) is 3.06. The molecule has 0 aromatic heterocycles. The van der Waals surface area contributed by atoms with Crippen LogP contribution >= 0.6 is 12.2 Å². The summed E-state index contributed by atoms with van der Waals surface area (Å²) in [6.07, 6.45) is 2.87. The Morgan fingerprint density at radius 1 is 1.24 bits per heavy atom. The standard InChI is InChI=1S/C15H18N2O3S/c16-14(21)11-3-1-2-6-17(11)15(18)10-4-5-12-13(9-10)20-8-7-19-12/h4-5,9,11H,1-3,6-8H2,(H2,16,21). The van der Waals surface area contributed by atoms with Gasteiger partial charge in [-0.1, -0.05) is 12.2 Å². The van der Waals surface area contributed by atoms with Crippen molar-refractivity contribution in [3.8, 4) is 11.5 Å². The molecule has 0 radical (unpaired) electrons. The van der Waals surface area contributed by atoms with Crippen LogP contribution in [0.5, 0.6) is 11.5 Å². The minimum absolute atomic E-state index is 0.0514. The van der Waals surface area contributed by atoms with Crippen LogP contribution in [-0.2, 0) is 0 Å². The minimum atomic E-state index is -0.144. The van der Waals surface area contributed by atoms with Crippen molar-refractivity contribution < 1.29 is 14.3 Å². The van der Waals surface area contributed by atoms with E-state index in [9.17, 15) is 4.79 Å². The van der Waals surface area contributed by atoms with Gasteiger partial charge in [0.1, 0.15) is 13.2 Å². The summed E-state index contributed by atoms with van der Waals surface area (Å²) in [7, 11) is 0. The van der Waals surface area contributed by atoms with E-state index < -0.39 is 0 Å². The van der Waals surface area contributed by atoms with E-state index in [0.29, 0.717) is 41.8 Å². The first-order valence-corrected chi connectivity index (χ1v) is 7.57. The topological polar surface area (TPSA) is 64.8 Å². The van der Waals surface area contributed by atoms with Crippen LogP contribution < -0.4 is 15.2 Å². The molecule has 1 atom stereocenters. The first-order valence-electron chi connectivity index (χ1n) is 7.17. The van der Waals surface area contributed by atoms with Gasteiger partial charge in [-0.15, -0.1) is 0 Å². The zero-order valence-electron chi connectivity index (χ0n) is 11.7. The summed E-state index contributed by atoms with van der Waals surface area (Å²) in [6.45, 7) is 1.73. The Labute approximate surface area is 129 Å². The number of hydrogen-bond donors (Lipinski definition) is 1. The second-order valence-electron chi connectivity index (χ2n) is 5.27. The number of carbonyl (C=O) groups excluding carboxylic acids is 1. The van der Waals surface area contributed by atoms with Gasteiger partial charge in [0, 0.05) is 12.1 Å². The van der Waals surface area contributed by atoms with Crippen LogP contribution in [0.25, 0.3) is 0 Å². The van der Waals surface area contributed by atoms with Crippen molar-refractivity contribution in [1.82, 2.24) is 4.90 Å². The van der Waals surface area contributed by atoms with Crippen LogP contribution in [0.2, 0.25) is 0 Å². The lowest BCUT2D eigenvalue weighted by Crippen LogP contribution is -2.49. The maximum absolute atomic E-state index is 12.7. The summed E-state index contributed by atoms with van der Waals surface area (Å²) >= 11 is 5.10. The Hall–Kier alpha value is -1.82. The molecule has 1 aromatic rings. The minimum Gasteiger partial charge on any atom is -0.486 e.